The van der Waals surface area contributed by atoms with Crippen LogP contribution in [0.25, 0.3) is 0 Å². The van der Waals surface area contributed by atoms with Gasteiger partial charge in [0.2, 0.25) is 0 Å². The first kappa shape index (κ1) is 22.0. The van der Waals surface area contributed by atoms with Crippen LogP contribution in [0.15, 0.2) is 59.8 Å². The van der Waals surface area contributed by atoms with Crippen molar-refractivity contribution in [1.82, 2.24) is 9.99 Å². The monoisotopic (exact) mass is 442 g/mol. The molecule has 0 unspecified atom stereocenters. The highest BCUT2D eigenvalue weighted by atomic mass is 35.5. The highest BCUT2D eigenvalue weighted by molar-refractivity contribution is 7.80. The van der Waals surface area contributed by atoms with Crippen LogP contribution in [0, 0.1) is 5.82 Å². The molecule has 0 aliphatic heterocycles. The number of aromatic nitrogens is 1. The molecule has 0 saturated carbocycles. The van der Waals surface area contributed by atoms with E-state index in [0.717, 1.165) is 29.8 Å². The molecule has 0 atom stereocenters. The molecule has 0 amide bonds. The van der Waals surface area contributed by atoms with Gasteiger partial charge in [-0.15, -0.1) is 0 Å². The summed E-state index contributed by atoms with van der Waals surface area (Å²) in [6.07, 6.45) is 5.45. The Labute approximate surface area is 186 Å². The van der Waals surface area contributed by atoms with Crippen molar-refractivity contribution in [3.63, 3.8) is 0 Å². The SMILES string of the molecule is CCc1cccc(CC)c1NC(=S)NN=Cc1cccn1Cc1ccc(F)cc1Cl. The van der Waals surface area contributed by atoms with Crippen LogP contribution in [-0.4, -0.2) is 15.9 Å². The number of rotatable bonds is 7. The molecule has 1 heterocycles. The highest BCUT2D eigenvalue weighted by Crippen LogP contribution is 2.22. The summed E-state index contributed by atoms with van der Waals surface area (Å²) in [5, 5.41) is 8.37. The zero-order valence-electron chi connectivity index (χ0n) is 17.0. The van der Waals surface area contributed by atoms with E-state index in [-0.39, 0.29) is 5.82 Å². The number of thiocarbonyl (C=S) groups is 1. The second-order valence-electron chi connectivity index (χ2n) is 6.78. The lowest BCUT2D eigenvalue weighted by atomic mass is 10.0. The first-order valence-electron chi connectivity index (χ1n) is 9.81. The molecule has 156 valence electrons. The lowest BCUT2D eigenvalue weighted by molar-refractivity contribution is 0.626. The van der Waals surface area contributed by atoms with Gasteiger partial charge in [0.1, 0.15) is 5.82 Å². The first-order chi connectivity index (χ1) is 14.5. The largest absolute Gasteiger partial charge is 0.342 e. The molecule has 0 bridgehead atoms. The number of nitrogens with zero attached hydrogens (tertiary/aromatic N) is 2. The van der Waals surface area contributed by atoms with Gasteiger partial charge in [0.05, 0.1) is 11.9 Å². The Hall–Kier alpha value is -2.70. The summed E-state index contributed by atoms with van der Waals surface area (Å²) < 4.78 is 15.2. The van der Waals surface area contributed by atoms with Gasteiger partial charge in [-0.05, 0) is 66.0 Å². The zero-order chi connectivity index (χ0) is 21.5. The Kier molecular flexibility index (Phi) is 7.60. The summed E-state index contributed by atoms with van der Waals surface area (Å²) in [4.78, 5) is 0. The minimum Gasteiger partial charge on any atom is -0.342 e. The first-order valence-corrected chi connectivity index (χ1v) is 10.6. The van der Waals surface area contributed by atoms with Gasteiger partial charge in [-0.25, -0.2) is 4.39 Å². The quantitative estimate of drug-likeness (QED) is 0.277. The van der Waals surface area contributed by atoms with E-state index >= 15 is 0 Å². The van der Waals surface area contributed by atoms with E-state index in [0.29, 0.717) is 16.7 Å². The van der Waals surface area contributed by atoms with Crippen molar-refractivity contribution >= 4 is 40.8 Å². The van der Waals surface area contributed by atoms with Crippen LogP contribution >= 0.6 is 23.8 Å². The van der Waals surface area contributed by atoms with Gasteiger partial charge in [-0.1, -0.05) is 49.7 Å². The minimum atomic E-state index is -0.348. The molecule has 7 heteroatoms. The topological polar surface area (TPSA) is 41.4 Å². The fraction of sp³-hybridized carbons (Fsp3) is 0.217. The van der Waals surface area contributed by atoms with Crippen molar-refractivity contribution in [2.75, 3.05) is 5.32 Å². The maximum absolute atomic E-state index is 13.3. The standard InChI is InChI=1S/C23H24ClFN4S/c1-3-16-7-5-8-17(4-2)22(16)27-23(30)28-26-14-20-9-6-12-29(20)15-18-10-11-19(25)13-21(18)24/h5-14H,3-4,15H2,1-2H3,(H2,27,28,30). The van der Waals surface area contributed by atoms with Crippen LogP contribution in [-0.2, 0) is 19.4 Å². The van der Waals surface area contributed by atoms with Crippen molar-refractivity contribution < 1.29 is 4.39 Å². The summed E-state index contributed by atoms with van der Waals surface area (Å²) in [7, 11) is 0. The molecule has 4 nitrogen and oxygen atoms in total. The van der Waals surface area contributed by atoms with E-state index < -0.39 is 0 Å². The van der Waals surface area contributed by atoms with E-state index in [4.69, 9.17) is 23.8 Å². The smallest absolute Gasteiger partial charge is 0.191 e. The second kappa shape index (κ2) is 10.4. The average molecular weight is 443 g/mol. The van der Waals surface area contributed by atoms with E-state index in [2.05, 4.69) is 47.9 Å². The maximum Gasteiger partial charge on any atom is 0.191 e. The Morgan fingerprint density at radius 1 is 1.10 bits per heavy atom. The van der Waals surface area contributed by atoms with Crippen molar-refractivity contribution in [2.24, 2.45) is 5.10 Å². The molecule has 0 fully saturated rings. The van der Waals surface area contributed by atoms with Gasteiger partial charge < -0.3 is 9.88 Å². The number of para-hydroxylation sites is 1. The van der Waals surface area contributed by atoms with Gasteiger partial charge in [0.25, 0.3) is 0 Å². The second-order valence-corrected chi connectivity index (χ2v) is 7.59. The summed E-state index contributed by atoms with van der Waals surface area (Å²) in [6.45, 7) is 4.76. The van der Waals surface area contributed by atoms with Crippen LogP contribution in [0.5, 0.6) is 0 Å². The summed E-state index contributed by atoms with van der Waals surface area (Å²) in [5.74, 6) is -0.348. The lowest BCUT2D eigenvalue weighted by Gasteiger charge is -2.15. The minimum absolute atomic E-state index is 0.348. The summed E-state index contributed by atoms with van der Waals surface area (Å²) >= 11 is 11.6. The Morgan fingerprint density at radius 3 is 2.50 bits per heavy atom. The molecule has 0 radical (unpaired) electrons. The van der Waals surface area contributed by atoms with Crippen molar-refractivity contribution in [1.29, 1.82) is 0 Å². The molecule has 0 aliphatic carbocycles. The molecular weight excluding hydrogens is 419 g/mol. The Bertz CT molecular complexity index is 1040. The third-order valence-electron chi connectivity index (χ3n) is 4.82. The number of hydrogen-bond donors (Lipinski definition) is 2. The van der Waals surface area contributed by atoms with Crippen LogP contribution in [0.2, 0.25) is 5.02 Å². The molecule has 0 aliphatic rings. The van der Waals surface area contributed by atoms with Crippen LogP contribution in [0.4, 0.5) is 10.1 Å². The Morgan fingerprint density at radius 2 is 1.83 bits per heavy atom. The lowest BCUT2D eigenvalue weighted by Crippen LogP contribution is -2.25. The molecule has 3 rings (SSSR count). The van der Waals surface area contributed by atoms with Crippen LogP contribution < -0.4 is 10.7 Å². The predicted octanol–water partition coefficient (Wildman–Crippen LogP) is 5.77. The van der Waals surface area contributed by atoms with Crippen LogP contribution in [0.3, 0.4) is 0 Å². The summed E-state index contributed by atoms with van der Waals surface area (Å²) in [6, 6.07) is 14.5. The summed E-state index contributed by atoms with van der Waals surface area (Å²) in [5.41, 5.74) is 8.06. The van der Waals surface area contributed by atoms with Crippen molar-refractivity contribution in [3.05, 3.63) is 88.0 Å². The molecule has 2 aromatic carbocycles. The molecule has 30 heavy (non-hydrogen) atoms. The molecule has 1 aromatic heterocycles. The normalized spacial score (nSPS) is 11.1. The number of aryl methyl sites for hydroxylation is 2. The van der Waals surface area contributed by atoms with Gasteiger partial charge in [0.15, 0.2) is 5.11 Å². The third kappa shape index (κ3) is 5.46. The maximum atomic E-state index is 13.3. The van der Waals surface area contributed by atoms with Gasteiger partial charge in [0, 0.05) is 23.5 Å². The van der Waals surface area contributed by atoms with Gasteiger partial charge >= 0.3 is 0 Å². The van der Waals surface area contributed by atoms with E-state index in [9.17, 15) is 4.39 Å². The highest BCUT2D eigenvalue weighted by Gasteiger charge is 2.08. The van der Waals surface area contributed by atoms with E-state index in [1.54, 1.807) is 12.3 Å². The fourth-order valence-electron chi connectivity index (χ4n) is 3.22. The zero-order valence-corrected chi connectivity index (χ0v) is 18.5. The van der Waals surface area contributed by atoms with Crippen molar-refractivity contribution in [2.45, 2.75) is 33.2 Å². The van der Waals surface area contributed by atoms with E-state index in [1.807, 2.05) is 22.9 Å². The number of benzene rings is 2. The molecule has 0 spiro atoms. The number of anilines is 1. The number of halogens is 2. The van der Waals surface area contributed by atoms with Crippen molar-refractivity contribution in [3.8, 4) is 0 Å². The van der Waals surface area contributed by atoms with Gasteiger partial charge in [-0.2, -0.15) is 5.10 Å². The van der Waals surface area contributed by atoms with Crippen LogP contribution in [0.1, 0.15) is 36.2 Å². The number of hydrogen-bond acceptors (Lipinski definition) is 2. The number of nitrogens with one attached hydrogen (secondary N) is 2. The molecule has 2 N–H and O–H groups in total. The number of hydrazone groups is 1. The molecule has 0 saturated heterocycles. The van der Waals surface area contributed by atoms with Gasteiger partial charge in [-0.3, -0.25) is 5.43 Å². The third-order valence-corrected chi connectivity index (χ3v) is 5.37. The predicted molar refractivity (Wildman–Crippen MR) is 127 cm³/mol. The Balaban J connectivity index is 1.66. The molecular formula is C23H24ClFN4S. The van der Waals surface area contributed by atoms with E-state index in [1.165, 1.54) is 23.3 Å². The fourth-order valence-corrected chi connectivity index (χ4v) is 3.61. The molecule has 3 aromatic rings. The average Bonchev–Trinajstić information content (AvgIpc) is 3.17.